The number of nitrogens with zero attached hydrogens (tertiary/aromatic N) is 1. The quantitative estimate of drug-likeness (QED) is 0.781. The first-order valence-corrected chi connectivity index (χ1v) is 7.97. The van der Waals surface area contributed by atoms with E-state index >= 15 is 0 Å². The van der Waals surface area contributed by atoms with Gasteiger partial charge in [0.25, 0.3) is 0 Å². The average Bonchev–Trinajstić information content (AvgIpc) is 2.42. The van der Waals surface area contributed by atoms with Crippen LogP contribution in [0.3, 0.4) is 0 Å². The number of carbonyl (C=O) groups is 2. The summed E-state index contributed by atoms with van der Waals surface area (Å²) >= 11 is 0. The molecular formula is C16H30N2O3. The number of methoxy groups -OCH3 is 1. The number of nitrogens with one attached hydrogen (secondary N) is 1. The normalized spacial score (nSPS) is 23.4. The Hall–Kier alpha value is -1.10. The molecule has 0 bridgehead atoms. The second kappa shape index (κ2) is 7.25. The number of amides is 2. The predicted molar refractivity (Wildman–Crippen MR) is 82.9 cm³/mol. The van der Waals surface area contributed by atoms with Gasteiger partial charge in [0, 0.05) is 7.11 Å². The van der Waals surface area contributed by atoms with Gasteiger partial charge >= 0.3 is 0 Å². The van der Waals surface area contributed by atoms with Gasteiger partial charge in [0.05, 0.1) is 12.6 Å². The minimum Gasteiger partial charge on any atom is -0.383 e. The van der Waals surface area contributed by atoms with E-state index in [1.807, 2.05) is 20.8 Å². The second-order valence-electron chi connectivity index (χ2n) is 6.41. The van der Waals surface area contributed by atoms with E-state index in [0.29, 0.717) is 31.8 Å². The molecule has 1 N–H and O–H groups in total. The summed E-state index contributed by atoms with van der Waals surface area (Å²) in [7, 11) is 1.62. The van der Waals surface area contributed by atoms with Crippen LogP contribution < -0.4 is 5.32 Å². The van der Waals surface area contributed by atoms with Crippen LogP contribution >= 0.6 is 0 Å². The highest BCUT2D eigenvalue weighted by molar-refractivity contribution is 6.00. The molecule has 0 saturated carbocycles. The molecule has 0 aromatic carbocycles. The predicted octanol–water partition coefficient (Wildman–Crippen LogP) is 1.95. The standard InChI is InChI=1S/C16H30N2O3/c1-7-16(8-2)15(20)17-13(9-11(3)4)14(19)18(16)12(5)10-21-6/h11-13H,7-10H2,1-6H3,(H,17,20). The summed E-state index contributed by atoms with van der Waals surface area (Å²) in [5, 5.41) is 2.95. The van der Waals surface area contributed by atoms with Gasteiger partial charge in [-0.15, -0.1) is 0 Å². The highest BCUT2D eigenvalue weighted by atomic mass is 16.5. The number of hydrogen-bond acceptors (Lipinski definition) is 3. The number of piperazine rings is 1. The van der Waals surface area contributed by atoms with Crippen LogP contribution in [0, 0.1) is 5.92 Å². The Bertz CT molecular complexity index is 378. The summed E-state index contributed by atoms with van der Waals surface area (Å²) in [5.74, 6) is 0.354. The summed E-state index contributed by atoms with van der Waals surface area (Å²) in [5.41, 5.74) is -0.748. The van der Waals surface area contributed by atoms with Crippen molar-refractivity contribution in [3.63, 3.8) is 0 Å². The Morgan fingerprint density at radius 3 is 2.24 bits per heavy atom. The monoisotopic (exact) mass is 298 g/mol. The van der Waals surface area contributed by atoms with Crippen molar-refractivity contribution in [3.05, 3.63) is 0 Å². The van der Waals surface area contributed by atoms with Crippen molar-refractivity contribution < 1.29 is 14.3 Å². The molecule has 2 atom stereocenters. The zero-order valence-corrected chi connectivity index (χ0v) is 14.2. The fraction of sp³-hybridized carbons (Fsp3) is 0.875. The lowest BCUT2D eigenvalue weighted by molar-refractivity contribution is -0.163. The fourth-order valence-electron chi connectivity index (χ4n) is 3.34. The molecule has 0 aromatic rings. The molecule has 122 valence electrons. The molecule has 21 heavy (non-hydrogen) atoms. The van der Waals surface area contributed by atoms with Gasteiger partial charge in [0.2, 0.25) is 11.8 Å². The zero-order valence-electron chi connectivity index (χ0n) is 14.2. The molecule has 2 amide bonds. The van der Waals surface area contributed by atoms with Crippen LogP contribution in [-0.2, 0) is 14.3 Å². The van der Waals surface area contributed by atoms with Crippen LogP contribution in [0.25, 0.3) is 0 Å². The van der Waals surface area contributed by atoms with Crippen molar-refractivity contribution in [1.82, 2.24) is 10.2 Å². The molecule has 0 radical (unpaired) electrons. The Balaban J connectivity index is 3.17. The smallest absolute Gasteiger partial charge is 0.246 e. The maximum absolute atomic E-state index is 12.9. The molecule has 1 heterocycles. The molecule has 1 saturated heterocycles. The Labute approximate surface area is 128 Å². The molecule has 2 unspecified atom stereocenters. The maximum atomic E-state index is 12.9. The largest absolute Gasteiger partial charge is 0.383 e. The molecule has 0 aliphatic carbocycles. The van der Waals surface area contributed by atoms with Crippen LogP contribution in [0.15, 0.2) is 0 Å². The van der Waals surface area contributed by atoms with Crippen molar-refractivity contribution in [3.8, 4) is 0 Å². The van der Waals surface area contributed by atoms with Gasteiger partial charge in [-0.2, -0.15) is 0 Å². The number of hydrogen-bond donors (Lipinski definition) is 1. The summed E-state index contributed by atoms with van der Waals surface area (Å²) in [6, 6.07) is -0.522. The van der Waals surface area contributed by atoms with Gasteiger partial charge in [-0.25, -0.2) is 0 Å². The fourth-order valence-corrected chi connectivity index (χ4v) is 3.34. The topological polar surface area (TPSA) is 58.6 Å². The van der Waals surface area contributed by atoms with E-state index in [0.717, 1.165) is 0 Å². The van der Waals surface area contributed by atoms with E-state index in [2.05, 4.69) is 19.2 Å². The lowest BCUT2D eigenvalue weighted by Gasteiger charge is -2.50. The van der Waals surface area contributed by atoms with Crippen molar-refractivity contribution in [2.45, 2.75) is 71.5 Å². The van der Waals surface area contributed by atoms with Gasteiger partial charge in [-0.1, -0.05) is 27.7 Å². The third-order valence-electron chi connectivity index (χ3n) is 4.45. The highest BCUT2D eigenvalue weighted by Crippen LogP contribution is 2.32. The Morgan fingerprint density at radius 1 is 1.24 bits per heavy atom. The van der Waals surface area contributed by atoms with Crippen molar-refractivity contribution in [2.75, 3.05) is 13.7 Å². The van der Waals surface area contributed by atoms with E-state index in [1.54, 1.807) is 12.0 Å². The molecule has 1 aliphatic rings. The highest BCUT2D eigenvalue weighted by Gasteiger charge is 2.51. The second-order valence-corrected chi connectivity index (χ2v) is 6.41. The zero-order chi connectivity index (χ0) is 16.2. The molecule has 1 fully saturated rings. The lowest BCUT2D eigenvalue weighted by Crippen LogP contribution is -2.72. The van der Waals surface area contributed by atoms with E-state index in [9.17, 15) is 9.59 Å². The number of rotatable bonds is 7. The lowest BCUT2D eigenvalue weighted by atomic mass is 9.83. The van der Waals surface area contributed by atoms with Crippen LogP contribution in [0.2, 0.25) is 0 Å². The van der Waals surface area contributed by atoms with Crippen molar-refractivity contribution >= 4 is 11.8 Å². The van der Waals surface area contributed by atoms with E-state index in [-0.39, 0.29) is 17.9 Å². The van der Waals surface area contributed by atoms with Gasteiger partial charge in [-0.3, -0.25) is 9.59 Å². The van der Waals surface area contributed by atoms with Gasteiger partial charge < -0.3 is 15.0 Å². The van der Waals surface area contributed by atoms with Crippen LogP contribution in [-0.4, -0.2) is 48.1 Å². The van der Waals surface area contributed by atoms with E-state index in [4.69, 9.17) is 4.74 Å². The summed E-state index contributed by atoms with van der Waals surface area (Å²) < 4.78 is 5.21. The van der Waals surface area contributed by atoms with Crippen molar-refractivity contribution in [2.24, 2.45) is 5.92 Å². The Morgan fingerprint density at radius 2 is 1.81 bits per heavy atom. The molecule has 0 aromatic heterocycles. The average molecular weight is 298 g/mol. The molecular weight excluding hydrogens is 268 g/mol. The molecule has 5 heteroatoms. The first kappa shape index (κ1) is 18.0. The summed E-state index contributed by atoms with van der Waals surface area (Å²) in [6.07, 6.45) is 1.90. The van der Waals surface area contributed by atoms with Crippen LogP contribution in [0.5, 0.6) is 0 Å². The minimum absolute atomic E-state index is 0.0246. The van der Waals surface area contributed by atoms with E-state index in [1.165, 1.54) is 0 Å². The SMILES string of the molecule is CCC1(CC)C(=O)NC(CC(C)C)C(=O)N1C(C)COC. The molecule has 5 nitrogen and oxygen atoms in total. The van der Waals surface area contributed by atoms with Gasteiger partial charge in [-0.05, 0) is 32.1 Å². The third kappa shape index (κ3) is 3.39. The number of ether oxygens (including phenoxy) is 1. The maximum Gasteiger partial charge on any atom is 0.246 e. The number of carbonyl (C=O) groups excluding carboxylic acids is 2. The Kier molecular flexibility index (Phi) is 6.20. The third-order valence-corrected chi connectivity index (χ3v) is 4.45. The summed E-state index contributed by atoms with van der Waals surface area (Å²) in [6.45, 7) is 10.4. The summed E-state index contributed by atoms with van der Waals surface area (Å²) in [4.78, 5) is 27.4. The van der Waals surface area contributed by atoms with Crippen LogP contribution in [0.1, 0.15) is 53.9 Å². The van der Waals surface area contributed by atoms with Crippen LogP contribution in [0.4, 0.5) is 0 Å². The van der Waals surface area contributed by atoms with Gasteiger partial charge in [0.1, 0.15) is 11.6 Å². The van der Waals surface area contributed by atoms with Crippen molar-refractivity contribution in [1.29, 1.82) is 0 Å². The first-order valence-electron chi connectivity index (χ1n) is 7.97. The minimum atomic E-state index is -0.748. The molecule has 1 rings (SSSR count). The first-order chi connectivity index (χ1) is 9.83. The molecule has 0 spiro atoms. The molecule has 1 aliphatic heterocycles. The van der Waals surface area contributed by atoms with E-state index < -0.39 is 11.6 Å². The van der Waals surface area contributed by atoms with Gasteiger partial charge in [0.15, 0.2) is 0 Å².